The van der Waals surface area contributed by atoms with E-state index < -0.39 is 0 Å². The smallest absolute Gasteiger partial charge is 0.125 e. The monoisotopic (exact) mass is 203 g/mol. The number of nitrogens with one attached hydrogen (secondary N) is 1. The van der Waals surface area contributed by atoms with Gasteiger partial charge in [0.2, 0.25) is 0 Å². The Morgan fingerprint density at radius 3 is 2.87 bits per heavy atom. The van der Waals surface area contributed by atoms with E-state index in [1.165, 1.54) is 12.1 Å². The predicted molar refractivity (Wildman–Crippen MR) is 58.3 cm³/mol. The van der Waals surface area contributed by atoms with Gasteiger partial charge in [-0.2, -0.15) is 0 Å². The van der Waals surface area contributed by atoms with E-state index in [9.17, 15) is 4.39 Å². The van der Waals surface area contributed by atoms with Crippen LogP contribution in [-0.2, 0) is 0 Å². The maximum atomic E-state index is 12.9. The Kier molecular flexibility index (Phi) is 2.49. The van der Waals surface area contributed by atoms with Crippen LogP contribution in [-0.4, -0.2) is 4.98 Å². The average molecular weight is 203 g/mol. The molecule has 0 fully saturated rings. The molecule has 2 aromatic rings. The summed E-state index contributed by atoms with van der Waals surface area (Å²) in [5.41, 5.74) is 7.60. The van der Waals surface area contributed by atoms with Gasteiger partial charge in [-0.15, -0.1) is 0 Å². The lowest BCUT2D eigenvalue weighted by Crippen LogP contribution is -1.96. The molecule has 0 aliphatic rings. The highest BCUT2D eigenvalue weighted by Gasteiger charge is 1.99. The van der Waals surface area contributed by atoms with E-state index in [4.69, 9.17) is 5.73 Å². The van der Waals surface area contributed by atoms with Crippen LogP contribution in [0.4, 0.5) is 21.5 Å². The van der Waals surface area contributed by atoms with Crippen molar-refractivity contribution in [2.75, 3.05) is 11.1 Å². The molecule has 0 aliphatic heterocycles. The van der Waals surface area contributed by atoms with Gasteiger partial charge in [-0.05, 0) is 24.3 Å². The summed E-state index contributed by atoms with van der Waals surface area (Å²) >= 11 is 0. The number of pyridine rings is 1. The molecule has 0 bridgehead atoms. The molecule has 0 saturated heterocycles. The number of nitrogen functional groups attached to an aromatic ring is 1. The highest BCUT2D eigenvalue weighted by atomic mass is 19.1. The molecule has 0 unspecified atom stereocenters. The number of halogens is 1. The molecular formula is C11H10FN3. The minimum absolute atomic E-state index is 0.285. The van der Waals surface area contributed by atoms with Crippen LogP contribution < -0.4 is 11.1 Å². The SMILES string of the molecule is Nc1cnccc1Nc1cccc(F)c1. The number of benzene rings is 1. The number of aromatic nitrogens is 1. The maximum absolute atomic E-state index is 12.9. The maximum Gasteiger partial charge on any atom is 0.125 e. The molecule has 76 valence electrons. The van der Waals surface area contributed by atoms with Crippen LogP contribution in [0.5, 0.6) is 0 Å². The highest BCUT2D eigenvalue weighted by Crippen LogP contribution is 2.21. The third-order valence-corrected chi connectivity index (χ3v) is 1.96. The molecule has 1 aromatic heterocycles. The number of hydrogen-bond donors (Lipinski definition) is 2. The highest BCUT2D eigenvalue weighted by molar-refractivity contribution is 5.71. The van der Waals surface area contributed by atoms with Crippen molar-refractivity contribution in [1.29, 1.82) is 0 Å². The van der Waals surface area contributed by atoms with Crippen LogP contribution in [0, 0.1) is 5.82 Å². The first-order chi connectivity index (χ1) is 7.25. The summed E-state index contributed by atoms with van der Waals surface area (Å²) in [6, 6.07) is 7.93. The molecule has 0 amide bonds. The largest absolute Gasteiger partial charge is 0.396 e. The Balaban J connectivity index is 2.26. The van der Waals surface area contributed by atoms with Crippen molar-refractivity contribution in [3.05, 3.63) is 48.5 Å². The number of hydrogen-bond acceptors (Lipinski definition) is 3. The van der Waals surface area contributed by atoms with E-state index in [-0.39, 0.29) is 5.82 Å². The van der Waals surface area contributed by atoms with E-state index in [0.717, 1.165) is 5.69 Å². The minimum Gasteiger partial charge on any atom is -0.396 e. The summed E-state index contributed by atoms with van der Waals surface area (Å²) in [4.78, 5) is 3.87. The molecule has 0 saturated carbocycles. The third kappa shape index (κ3) is 2.22. The standard InChI is InChI=1S/C11H10FN3/c12-8-2-1-3-9(6-8)15-11-4-5-14-7-10(11)13/h1-7H,13H2,(H,14,15). The lowest BCUT2D eigenvalue weighted by molar-refractivity contribution is 0.628. The molecule has 0 spiro atoms. The number of anilines is 3. The van der Waals surface area contributed by atoms with Crippen molar-refractivity contribution in [2.45, 2.75) is 0 Å². The van der Waals surface area contributed by atoms with Gasteiger partial charge in [-0.25, -0.2) is 4.39 Å². The molecule has 0 aliphatic carbocycles. The Morgan fingerprint density at radius 2 is 2.13 bits per heavy atom. The first kappa shape index (κ1) is 9.45. The van der Waals surface area contributed by atoms with E-state index >= 15 is 0 Å². The molecule has 1 heterocycles. The van der Waals surface area contributed by atoms with Crippen LogP contribution in [0.15, 0.2) is 42.7 Å². The van der Waals surface area contributed by atoms with E-state index in [1.807, 2.05) is 0 Å². The molecule has 2 rings (SSSR count). The van der Waals surface area contributed by atoms with Crippen LogP contribution in [0.2, 0.25) is 0 Å². The fourth-order valence-electron chi connectivity index (χ4n) is 1.24. The summed E-state index contributed by atoms with van der Waals surface area (Å²) in [5, 5.41) is 3.01. The van der Waals surface area contributed by atoms with Crippen LogP contribution in [0.1, 0.15) is 0 Å². The van der Waals surface area contributed by atoms with Crippen molar-refractivity contribution in [3.63, 3.8) is 0 Å². The summed E-state index contributed by atoms with van der Waals surface area (Å²) in [6.07, 6.45) is 3.17. The summed E-state index contributed by atoms with van der Waals surface area (Å²) in [5.74, 6) is -0.285. The molecule has 15 heavy (non-hydrogen) atoms. The number of nitrogens with zero attached hydrogens (tertiary/aromatic N) is 1. The molecule has 1 aromatic carbocycles. The topological polar surface area (TPSA) is 50.9 Å². The van der Waals surface area contributed by atoms with Crippen LogP contribution in [0.3, 0.4) is 0 Å². The van der Waals surface area contributed by atoms with Crippen LogP contribution >= 0.6 is 0 Å². The first-order valence-corrected chi connectivity index (χ1v) is 4.48. The summed E-state index contributed by atoms with van der Waals surface area (Å²) in [7, 11) is 0. The van der Waals surface area contributed by atoms with Crippen molar-refractivity contribution in [1.82, 2.24) is 4.98 Å². The molecule has 4 heteroatoms. The lowest BCUT2D eigenvalue weighted by atomic mass is 10.3. The molecular weight excluding hydrogens is 193 g/mol. The van der Waals surface area contributed by atoms with Crippen molar-refractivity contribution >= 4 is 17.1 Å². The molecule has 3 nitrogen and oxygen atoms in total. The third-order valence-electron chi connectivity index (χ3n) is 1.96. The summed E-state index contributed by atoms with van der Waals surface area (Å²) in [6.45, 7) is 0. The Hall–Kier alpha value is -2.10. The van der Waals surface area contributed by atoms with Gasteiger partial charge in [0.05, 0.1) is 17.6 Å². The second-order valence-electron chi connectivity index (χ2n) is 3.10. The zero-order chi connectivity index (χ0) is 10.7. The van der Waals surface area contributed by atoms with Gasteiger partial charge in [-0.3, -0.25) is 4.98 Å². The zero-order valence-electron chi connectivity index (χ0n) is 7.94. The second kappa shape index (κ2) is 3.96. The lowest BCUT2D eigenvalue weighted by Gasteiger charge is -2.08. The second-order valence-corrected chi connectivity index (χ2v) is 3.10. The fraction of sp³-hybridized carbons (Fsp3) is 0. The average Bonchev–Trinajstić information content (AvgIpc) is 2.22. The Bertz CT molecular complexity index is 471. The first-order valence-electron chi connectivity index (χ1n) is 4.48. The fourth-order valence-corrected chi connectivity index (χ4v) is 1.24. The van der Waals surface area contributed by atoms with E-state index in [0.29, 0.717) is 11.4 Å². The number of rotatable bonds is 2. The van der Waals surface area contributed by atoms with Gasteiger partial charge in [0.15, 0.2) is 0 Å². The van der Waals surface area contributed by atoms with Crippen molar-refractivity contribution < 1.29 is 4.39 Å². The number of nitrogens with two attached hydrogens (primary N) is 1. The Labute approximate surface area is 86.8 Å². The van der Waals surface area contributed by atoms with Crippen LogP contribution in [0.25, 0.3) is 0 Å². The van der Waals surface area contributed by atoms with Crippen molar-refractivity contribution in [2.24, 2.45) is 0 Å². The Morgan fingerprint density at radius 1 is 1.27 bits per heavy atom. The zero-order valence-corrected chi connectivity index (χ0v) is 7.94. The van der Waals surface area contributed by atoms with Gasteiger partial charge in [0, 0.05) is 11.9 Å². The normalized spacial score (nSPS) is 9.93. The molecule has 0 radical (unpaired) electrons. The van der Waals surface area contributed by atoms with E-state index in [2.05, 4.69) is 10.3 Å². The van der Waals surface area contributed by atoms with Crippen molar-refractivity contribution in [3.8, 4) is 0 Å². The van der Waals surface area contributed by atoms with Gasteiger partial charge in [0.25, 0.3) is 0 Å². The molecule has 3 N–H and O–H groups in total. The molecule has 0 atom stereocenters. The predicted octanol–water partition coefficient (Wildman–Crippen LogP) is 2.55. The quantitative estimate of drug-likeness (QED) is 0.788. The van der Waals surface area contributed by atoms with Gasteiger partial charge in [-0.1, -0.05) is 6.07 Å². The van der Waals surface area contributed by atoms with Gasteiger partial charge < -0.3 is 11.1 Å². The summed E-state index contributed by atoms with van der Waals surface area (Å²) < 4.78 is 12.9. The van der Waals surface area contributed by atoms with Gasteiger partial charge >= 0.3 is 0 Å². The minimum atomic E-state index is -0.285. The van der Waals surface area contributed by atoms with E-state index in [1.54, 1.807) is 30.6 Å². The van der Waals surface area contributed by atoms with Gasteiger partial charge in [0.1, 0.15) is 5.82 Å².